The molecule has 0 aliphatic carbocycles. The Hall–Kier alpha value is -5.43. The van der Waals surface area contributed by atoms with E-state index >= 15 is 4.39 Å². The Morgan fingerprint density at radius 3 is 2.15 bits per heavy atom. The van der Waals surface area contributed by atoms with Gasteiger partial charge in [0.1, 0.15) is 11.6 Å². The van der Waals surface area contributed by atoms with Crippen LogP contribution in [-0.4, -0.2) is 57.1 Å². The number of aliphatic carboxylic acids is 1. The minimum atomic E-state index is -4.85. The number of thiophene rings is 1. The summed E-state index contributed by atoms with van der Waals surface area (Å²) in [6.45, 7) is 6.43. The van der Waals surface area contributed by atoms with Gasteiger partial charge in [0.2, 0.25) is 5.91 Å². The fraction of sp³-hybridized carbons (Fsp3) is 0.275. The molecule has 5 aromatic rings. The molecule has 1 atom stereocenters. The number of likely N-dealkylation sites (tertiary alicyclic amines) is 1. The van der Waals surface area contributed by atoms with Crippen LogP contribution in [0.2, 0.25) is 0 Å². The van der Waals surface area contributed by atoms with Crippen LogP contribution in [0.15, 0.2) is 91.3 Å². The van der Waals surface area contributed by atoms with Crippen LogP contribution in [0.5, 0.6) is 5.75 Å². The zero-order chi connectivity index (χ0) is 38.1. The summed E-state index contributed by atoms with van der Waals surface area (Å²) in [4.78, 5) is 50.3. The van der Waals surface area contributed by atoms with Gasteiger partial charge in [-0.15, -0.1) is 24.5 Å². The normalized spacial score (nSPS) is 14.1. The van der Waals surface area contributed by atoms with Gasteiger partial charge >= 0.3 is 12.3 Å². The summed E-state index contributed by atoms with van der Waals surface area (Å²) in [6.07, 6.45) is -1.65. The number of alkyl halides is 3. The molecule has 1 amide bonds. The maximum Gasteiger partial charge on any atom is 0.573 e. The van der Waals surface area contributed by atoms with Crippen LogP contribution in [0.4, 0.5) is 17.6 Å². The van der Waals surface area contributed by atoms with Gasteiger partial charge in [-0.2, -0.15) is 0 Å². The van der Waals surface area contributed by atoms with Gasteiger partial charge in [0.05, 0.1) is 10.8 Å². The highest BCUT2D eigenvalue weighted by Gasteiger charge is 2.39. The van der Waals surface area contributed by atoms with Crippen LogP contribution in [0.1, 0.15) is 47.3 Å². The number of carbonyl (C=O) groups is 3. The Balaban J connectivity index is 1.15. The maximum atomic E-state index is 15.2. The van der Waals surface area contributed by atoms with Gasteiger partial charge in [-0.05, 0) is 58.9 Å². The number of hydrogen-bond acceptors (Lipinski definition) is 7. The molecule has 8 nitrogen and oxygen atoms in total. The minimum absolute atomic E-state index is 0.0140. The highest BCUT2D eigenvalue weighted by Crippen LogP contribution is 2.33. The second kappa shape index (κ2) is 14.9. The fourth-order valence-electron chi connectivity index (χ4n) is 6.03. The molecule has 1 aliphatic heterocycles. The minimum Gasteiger partial charge on any atom is -0.481 e. The van der Waals surface area contributed by atoms with E-state index < -0.39 is 35.7 Å². The first-order chi connectivity index (χ1) is 25.0. The first kappa shape index (κ1) is 37.3. The number of ketones is 1. The number of ether oxygens (including phenoxy) is 1. The summed E-state index contributed by atoms with van der Waals surface area (Å²) in [5.74, 6) is -3.30. The van der Waals surface area contributed by atoms with Crippen molar-refractivity contribution in [3.05, 3.63) is 112 Å². The van der Waals surface area contributed by atoms with Crippen molar-refractivity contribution < 1.29 is 41.8 Å². The monoisotopic (exact) mass is 745 g/mol. The van der Waals surface area contributed by atoms with Gasteiger partial charge in [0, 0.05) is 59.4 Å². The molecule has 3 heterocycles. The van der Waals surface area contributed by atoms with E-state index in [4.69, 9.17) is 0 Å². The lowest BCUT2D eigenvalue weighted by Gasteiger charge is -2.38. The van der Waals surface area contributed by atoms with Gasteiger partial charge in [0.25, 0.3) is 0 Å². The standard InChI is InChI=1S/C40H35F4N3O5S/c1-39(2,3)35-14-13-34(53-35)33(48)18-27(37(49)47-21-29(22-47)38(50)51)15-23-7-9-24(10-8-23)36-45-19-28(20-46-36)31-12-11-26(17-32(31)41)25-5-4-6-30(16-25)52-40(42,43)44/h4-14,16-17,19-20,27,29H,15,18,21-22H2,1-3H3,(H,50,51)/t27-/m1/s1. The lowest BCUT2D eigenvalue weighted by Crippen LogP contribution is -2.55. The smallest absolute Gasteiger partial charge is 0.481 e. The predicted molar refractivity (Wildman–Crippen MR) is 192 cm³/mol. The van der Waals surface area contributed by atoms with Crippen molar-refractivity contribution in [3.8, 4) is 39.4 Å². The highest BCUT2D eigenvalue weighted by molar-refractivity contribution is 7.14. The third-order valence-corrected chi connectivity index (χ3v) is 10.5. The van der Waals surface area contributed by atoms with Crippen LogP contribution < -0.4 is 4.74 Å². The van der Waals surface area contributed by atoms with E-state index in [2.05, 4.69) is 35.5 Å². The molecule has 2 aromatic heterocycles. The average molecular weight is 746 g/mol. The molecule has 1 fully saturated rings. The molecular weight excluding hydrogens is 711 g/mol. The SMILES string of the molecule is CC(C)(C)c1ccc(C(=O)C[C@@H](Cc2ccc(-c3ncc(-c4ccc(-c5cccc(OC(F)(F)F)c5)cc4F)cn3)cc2)C(=O)N2CC(C(=O)O)C2)s1. The molecular formula is C40H35F4N3O5S. The molecule has 0 saturated carbocycles. The number of amides is 1. The van der Waals surface area contributed by atoms with Crippen molar-refractivity contribution in [3.63, 3.8) is 0 Å². The summed E-state index contributed by atoms with van der Waals surface area (Å²) >= 11 is 1.42. The fourth-order valence-corrected chi connectivity index (χ4v) is 7.04. The van der Waals surface area contributed by atoms with Crippen molar-refractivity contribution in [1.29, 1.82) is 0 Å². The van der Waals surface area contributed by atoms with E-state index in [1.165, 1.54) is 52.9 Å². The molecule has 3 aromatic carbocycles. The molecule has 274 valence electrons. The van der Waals surface area contributed by atoms with Crippen LogP contribution in [0, 0.1) is 17.7 Å². The van der Waals surface area contributed by atoms with Crippen LogP contribution in [0.3, 0.4) is 0 Å². The van der Waals surface area contributed by atoms with Crippen LogP contribution in [-0.2, 0) is 21.4 Å². The Bertz CT molecular complexity index is 2140. The number of rotatable bonds is 11. The summed E-state index contributed by atoms with van der Waals surface area (Å²) in [6, 6.07) is 20.5. The zero-order valence-electron chi connectivity index (χ0n) is 29.0. The first-order valence-corrected chi connectivity index (χ1v) is 17.6. The van der Waals surface area contributed by atoms with Gasteiger partial charge in [-0.25, -0.2) is 14.4 Å². The Morgan fingerprint density at radius 2 is 1.55 bits per heavy atom. The van der Waals surface area contributed by atoms with Gasteiger partial charge in [0.15, 0.2) is 11.6 Å². The largest absolute Gasteiger partial charge is 0.573 e. The van der Waals surface area contributed by atoms with Crippen molar-refractivity contribution >= 4 is 29.0 Å². The van der Waals surface area contributed by atoms with Crippen molar-refractivity contribution in [2.45, 2.75) is 45.4 Å². The predicted octanol–water partition coefficient (Wildman–Crippen LogP) is 8.85. The topological polar surface area (TPSA) is 110 Å². The molecule has 53 heavy (non-hydrogen) atoms. The molecule has 6 rings (SSSR count). The van der Waals surface area contributed by atoms with Crippen LogP contribution in [0.25, 0.3) is 33.6 Å². The maximum absolute atomic E-state index is 15.2. The number of carbonyl (C=O) groups excluding carboxylic acids is 2. The van der Waals surface area contributed by atoms with Crippen molar-refractivity contribution in [2.75, 3.05) is 13.1 Å². The third-order valence-electron chi connectivity index (χ3n) is 8.97. The number of Topliss-reactive ketones (excluding diaryl/α,β-unsaturated/α-hetero) is 1. The molecule has 1 saturated heterocycles. The van der Waals surface area contributed by atoms with Gasteiger partial charge in [-0.3, -0.25) is 14.4 Å². The van der Waals surface area contributed by atoms with E-state index in [9.17, 15) is 32.7 Å². The van der Waals surface area contributed by atoms with E-state index in [0.717, 1.165) is 16.5 Å². The van der Waals surface area contributed by atoms with E-state index in [1.807, 2.05) is 18.2 Å². The quantitative estimate of drug-likeness (QED) is 0.106. The number of aromatic nitrogens is 2. The zero-order valence-corrected chi connectivity index (χ0v) is 29.8. The van der Waals surface area contributed by atoms with Gasteiger partial charge < -0.3 is 14.7 Å². The number of benzene rings is 3. The number of nitrogens with zero attached hydrogens (tertiary/aromatic N) is 3. The second-order valence-electron chi connectivity index (χ2n) is 14.0. The molecule has 0 bridgehead atoms. The molecule has 0 unspecified atom stereocenters. The van der Waals surface area contributed by atoms with Crippen molar-refractivity contribution in [2.24, 2.45) is 11.8 Å². The first-order valence-electron chi connectivity index (χ1n) is 16.8. The summed E-state index contributed by atoms with van der Waals surface area (Å²) in [7, 11) is 0. The summed E-state index contributed by atoms with van der Waals surface area (Å²) in [5.41, 5.74) is 2.65. The molecule has 0 spiro atoms. The molecule has 1 aliphatic rings. The number of carboxylic acid groups (broad SMARTS) is 1. The van der Waals surface area contributed by atoms with E-state index in [0.29, 0.717) is 33.0 Å². The molecule has 0 radical (unpaired) electrons. The summed E-state index contributed by atoms with van der Waals surface area (Å²) < 4.78 is 57.2. The Morgan fingerprint density at radius 1 is 0.887 bits per heavy atom. The average Bonchev–Trinajstić information content (AvgIpc) is 3.59. The number of halogens is 4. The van der Waals surface area contributed by atoms with Crippen LogP contribution >= 0.6 is 11.3 Å². The molecule has 13 heteroatoms. The summed E-state index contributed by atoms with van der Waals surface area (Å²) in [5, 5.41) is 9.31. The second-order valence-corrected chi connectivity index (χ2v) is 15.1. The van der Waals surface area contributed by atoms with E-state index in [-0.39, 0.29) is 48.6 Å². The number of carboxylic acids is 1. The third kappa shape index (κ3) is 8.97. The van der Waals surface area contributed by atoms with Gasteiger partial charge in [-0.1, -0.05) is 69.3 Å². The number of hydrogen-bond donors (Lipinski definition) is 1. The Labute approximate surface area is 307 Å². The lowest BCUT2D eigenvalue weighted by atomic mass is 9.89. The molecule has 1 N–H and O–H groups in total. The Kier molecular flexibility index (Phi) is 10.5. The highest BCUT2D eigenvalue weighted by atomic mass is 32.1. The lowest BCUT2D eigenvalue weighted by molar-refractivity contribution is -0.274. The van der Waals surface area contributed by atoms with E-state index in [1.54, 1.807) is 30.3 Å². The van der Waals surface area contributed by atoms with Crippen molar-refractivity contribution in [1.82, 2.24) is 14.9 Å².